The van der Waals surface area contributed by atoms with Crippen LogP contribution in [0.3, 0.4) is 0 Å². The van der Waals surface area contributed by atoms with Crippen LogP contribution in [-0.4, -0.2) is 22.3 Å². The maximum Gasteiger partial charge on any atom is 0.315 e. The van der Waals surface area contributed by atoms with Crippen LogP contribution in [-0.2, 0) is 9.59 Å². The van der Waals surface area contributed by atoms with Crippen LogP contribution in [0, 0.1) is 19.3 Å². The molecule has 0 aliphatic heterocycles. The maximum atomic E-state index is 12.0. The van der Waals surface area contributed by atoms with Crippen molar-refractivity contribution in [1.82, 2.24) is 10.3 Å². The van der Waals surface area contributed by atoms with Gasteiger partial charge in [-0.25, -0.2) is 4.98 Å². The second-order valence-corrected chi connectivity index (χ2v) is 8.39. The van der Waals surface area contributed by atoms with Crippen LogP contribution < -0.4 is 10.6 Å². The van der Waals surface area contributed by atoms with Gasteiger partial charge in [0.25, 0.3) is 0 Å². The first kappa shape index (κ1) is 17.6. The number of aromatic nitrogens is 1. The van der Waals surface area contributed by atoms with E-state index >= 15 is 0 Å². The van der Waals surface area contributed by atoms with Crippen molar-refractivity contribution in [3.05, 3.63) is 10.6 Å². The van der Waals surface area contributed by atoms with E-state index in [1.54, 1.807) is 0 Å². The normalized spacial score (nSPS) is 12.1. The van der Waals surface area contributed by atoms with Gasteiger partial charge in [-0.1, -0.05) is 20.8 Å². The Bertz CT molecular complexity index is 522. The summed E-state index contributed by atoms with van der Waals surface area (Å²) >= 11 is 1.37. The molecule has 2 amide bonds. The highest BCUT2D eigenvalue weighted by Gasteiger charge is 2.29. The highest BCUT2D eigenvalue weighted by Crippen LogP contribution is 2.26. The quantitative estimate of drug-likeness (QED) is 0.843. The van der Waals surface area contributed by atoms with Crippen molar-refractivity contribution in [3.63, 3.8) is 0 Å². The van der Waals surface area contributed by atoms with E-state index < -0.39 is 17.4 Å². The smallest absolute Gasteiger partial charge is 0.315 e. The molecule has 5 nitrogen and oxygen atoms in total. The molecule has 0 spiro atoms. The second-order valence-electron chi connectivity index (χ2n) is 7.19. The van der Waals surface area contributed by atoms with Gasteiger partial charge in [-0.2, -0.15) is 0 Å². The summed E-state index contributed by atoms with van der Waals surface area (Å²) in [5, 5.41) is 5.78. The zero-order valence-electron chi connectivity index (χ0n) is 13.9. The molecular weight excluding hydrogens is 286 g/mol. The summed E-state index contributed by atoms with van der Waals surface area (Å²) < 4.78 is 0. The van der Waals surface area contributed by atoms with Gasteiger partial charge in [-0.15, -0.1) is 11.3 Å². The third-order valence-corrected chi connectivity index (χ3v) is 3.87. The van der Waals surface area contributed by atoms with Crippen molar-refractivity contribution >= 4 is 28.3 Å². The molecule has 0 saturated carbocycles. The first-order valence-electron chi connectivity index (χ1n) is 6.97. The van der Waals surface area contributed by atoms with Gasteiger partial charge in [0.15, 0.2) is 5.13 Å². The molecule has 1 rings (SSSR count). The standard InChI is InChI=1S/C15H25N3O2S/c1-9-10(2)21-13(16-9)17-11(19)12(20)18-15(6,7)8-14(3,4)5/h8H2,1-7H3,(H,18,20)(H,16,17,19). The zero-order chi connectivity index (χ0) is 16.4. The number of nitrogens with one attached hydrogen (secondary N) is 2. The number of aryl methyl sites for hydroxylation is 2. The van der Waals surface area contributed by atoms with Crippen LogP contribution in [0.5, 0.6) is 0 Å². The predicted molar refractivity (Wildman–Crippen MR) is 86.5 cm³/mol. The number of amides is 2. The van der Waals surface area contributed by atoms with Crippen molar-refractivity contribution in [2.75, 3.05) is 5.32 Å². The predicted octanol–water partition coefficient (Wildman–Crippen LogP) is 3.03. The van der Waals surface area contributed by atoms with Crippen molar-refractivity contribution < 1.29 is 9.59 Å². The fourth-order valence-corrected chi connectivity index (χ4v) is 3.22. The Morgan fingerprint density at radius 3 is 2.10 bits per heavy atom. The molecule has 1 aromatic rings. The highest BCUT2D eigenvalue weighted by molar-refractivity contribution is 7.15. The minimum Gasteiger partial charge on any atom is -0.343 e. The van der Waals surface area contributed by atoms with Gasteiger partial charge >= 0.3 is 11.8 Å². The fraction of sp³-hybridized carbons (Fsp3) is 0.667. The molecule has 0 aliphatic rings. The summed E-state index contributed by atoms with van der Waals surface area (Å²) in [6.07, 6.45) is 0.772. The highest BCUT2D eigenvalue weighted by atomic mass is 32.1. The van der Waals surface area contributed by atoms with E-state index in [0.29, 0.717) is 5.13 Å². The molecule has 21 heavy (non-hydrogen) atoms. The lowest BCUT2D eigenvalue weighted by molar-refractivity contribution is -0.137. The molecule has 1 heterocycles. The van der Waals surface area contributed by atoms with Crippen molar-refractivity contribution in [2.45, 2.75) is 60.4 Å². The van der Waals surface area contributed by atoms with E-state index in [9.17, 15) is 9.59 Å². The van der Waals surface area contributed by atoms with Gasteiger partial charge in [0.05, 0.1) is 5.69 Å². The van der Waals surface area contributed by atoms with E-state index in [2.05, 4.69) is 36.4 Å². The molecule has 0 radical (unpaired) electrons. The number of hydrogen-bond acceptors (Lipinski definition) is 4. The van der Waals surface area contributed by atoms with E-state index in [4.69, 9.17) is 0 Å². The van der Waals surface area contributed by atoms with Gasteiger partial charge < -0.3 is 5.32 Å². The molecule has 0 fully saturated rings. The van der Waals surface area contributed by atoms with Crippen LogP contribution >= 0.6 is 11.3 Å². The molecule has 0 aliphatic carbocycles. The summed E-state index contributed by atoms with van der Waals surface area (Å²) in [4.78, 5) is 29.1. The Morgan fingerprint density at radius 1 is 1.10 bits per heavy atom. The van der Waals surface area contributed by atoms with E-state index in [0.717, 1.165) is 17.0 Å². The third-order valence-electron chi connectivity index (χ3n) is 2.88. The van der Waals surface area contributed by atoms with E-state index in [-0.39, 0.29) is 5.41 Å². The molecule has 2 N–H and O–H groups in total. The third kappa shape index (κ3) is 5.83. The van der Waals surface area contributed by atoms with Crippen molar-refractivity contribution in [3.8, 4) is 0 Å². The molecule has 118 valence electrons. The van der Waals surface area contributed by atoms with Crippen molar-refractivity contribution in [1.29, 1.82) is 0 Å². The molecule has 0 atom stereocenters. The Morgan fingerprint density at radius 2 is 1.67 bits per heavy atom. The van der Waals surface area contributed by atoms with Crippen LogP contribution in [0.25, 0.3) is 0 Å². The molecule has 6 heteroatoms. The largest absolute Gasteiger partial charge is 0.343 e. The number of thiazole rings is 1. The van der Waals surface area contributed by atoms with E-state index in [1.807, 2.05) is 27.7 Å². The minimum atomic E-state index is -0.675. The summed E-state index contributed by atoms with van der Waals surface area (Å²) in [6.45, 7) is 13.9. The number of rotatable bonds is 3. The van der Waals surface area contributed by atoms with Crippen molar-refractivity contribution in [2.24, 2.45) is 5.41 Å². The topological polar surface area (TPSA) is 71.1 Å². The summed E-state index contributed by atoms with van der Waals surface area (Å²) in [7, 11) is 0. The van der Waals surface area contributed by atoms with Crippen LogP contribution in [0.2, 0.25) is 0 Å². The van der Waals surface area contributed by atoms with Gasteiger partial charge in [-0.3, -0.25) is 14.9 Å². The Hall–Kier alpha value is -1.43. The van der Waals surface area contributed by atoms with Gasteiger partial charge in [0.2, 0.25) is 0 Å². The first-order valence-corrected chi connectivity index (χ1v) is 7.79. The van der Waals surface area contributed by atoms with Gasteiger partial charge in [0.1, 0.15) is 0 Å². The average molecular weight is 311 g/mol. The zero-order valence-corrected chi connectivity index (χ0v) is 14.7. The SMILES string of the molecule is Cc1nc(NC(=O)C(=O)NC(C)(C)CC(C)(C)C)sc1C. The summed E-state index contributed by atoms with van der Waals surface area (Å²) in [5.41, 5.74) is 0.488. The first-order chi connectivity index (χ1) is 9.39. The Kier molecular flexibility index (Phi) is 5.15. The van der Waals surface area contributed by atoms with Gasteiger partial charge in [0, 0.05) is 10.4 Å². The lowest BCUT2D eigenvalue weighted by Crippen LogP contribution is -2.49. The molecular formula is C15H25N3O2S. The molecule has 0 saturated heterocycles. The maximum absolute atomic E-state index is 12.0. The van der Waals surface area contributed by atoms with Gasteiger partial charge in [-0.05, 0) is 39.5 Å². The number of carbonyl (C=O) groups is 2. The molecule has 0 bridgehead atoms. The van der Waals surface area contributed by atoms with Crippen LogP contribution in [0.4, 0.5) is 5.13 Å². The number of hydrogen-bond donors (Lipinski definition) is 2. The molecule has 0 aromatic carbocycles. The monoisotopic (exact) mass is 311 g/mol. The number of anilines is 1. The Labute approximate surface area is 130 Å². The summed E-state index contributed by atoms with van der Waals surface area (Å²) in [5.74, 6) is -1.31. The summed E-state index contributed by atoms with van der Waals surface area (Å²) in [6, 6.07) is 0. The minimum absolute atomic E-state index is 0.0663. The average Bonchev–Trinajstić information content (AvgIpc) is 2.53. The van der Waals surface area contributed by atoms with Crippen LogP contribution in [0.15, 0.2) is 0 Å². The fourth-order valence-electron chi connectivity index (χ4n) is 2.41. The lowest BCUT2D eigenvalue weighted by Gasteiger charge is -2.33. The second kappa shape index (κ2) is 6.13. The number of carbonyl (C=O) groups excluding carboxylic acids is 2. The van der Waals surface area contributed by atoms with E-state index in [1.165, 1.54) is 11.3 Å². The lowest BCUT2D eigenvalue weighted by atomic mass is 9.82. The Balaban J connectivity index is 2.64. The molecule has 0 unspecified atom stereocenters. The van der Waals surface area contributed by atoms with Crippen LogP contribution in [0.1, 0.15) is 51.6 Å². The molecule has 1 aromatic heterocycles. The number of nitrogens with zero attached hydrogens (tertiary/aromatic N) is 1.